The van der Waals surface area contributed by atoms with E-state index in [-0.39, 0.29) is 17.8 Å². The van der Waals surface area contributed by atoms with E-state index < -0.39 is 16.7 Å². The van der Waals surface area contributed by atoms with E-state index in [1.54, 1.807) is 0 Å². The minimum atomic E-state index is -0.584. The summed E-state index contributed by atoms with van der Waals surface area (Å²) in [6, 6.07) is 11.4. The Labute approximate surface area is 170 Å². The molecule has 0 fully saturated rings. The number of nitro groups is 1. The molecule has 1 heterocycles. The van der Waals surface area contributed by atoms with Gasteiger partial charge >= 0.3 is 0 Å². The molecule has 3 aromatic rings. The summed E-state index contributed by atoms with van der Waals surface area (Å²) < 4.78 is 0. The normalized spacial score (nSPS) is 10.4. The van der Waals surface area contributed by atoms with Crippen LogP contribution in [-0.4, -0.2) is 28.3 Å². The molecule has 29 heavy (non-hydrogen) atoms. The van der Waals surface area contributed by atoms with Crippen LogP contribution in [0, 0.1) is 24.0 Å². The Morgan fingerprint density at radius 2 is 1.97 bits per heavy atom. The minimum Gasteiger partial charge on any atom is -0.343 e. The van der Waals surface area contributed by atoms with Gasteiger partial charge in [-0.25, -0.2) is 4.98 Å². The van der Waals surface area contributed by atoms with E-state index >= 15 is 0 Å². The van der Waals surface area contributed by atoms with Crippen LogP contribution >= 0.6 is 11.3 Å². The number of benzene rings is 2. The summed E-state index contributed by atoms with van der Waals surface area (Å²) in [6.45, 7) is 3.74. The first-order valence-corrected chi connectivity index (χ1v) is 9.57. The number of nitrogens with one attached hydrogen (secondary N) is 2. The molecule has 1 aromatic heterocycles. The second kappa shape index (κ2) is 8.61. The first kappa shape index (κ1) is 20.2. The molecule has 0 bridgehead atoms. The van der Waals surface area contributed by atoms with Crippen LogP contribution in [0.5, 0.6) is 0 Å². The number of non-ortho nitro benzene ring substituents is 1. The summed E-state index contributed by atoms with van der Waals surface area (Å²) >= 11 is 1.29. The number of carbonyl (C=O) groups excluding carboxylic acids is 2. The zero-order chi connectivity index (χ0) is 21.0. The topological polar surface area (TPSA) is 114 Å². The Balaban J connectivity index is 1.59. The van der Waals surface area contributed by atoms with E-state index in [4.69, 9.17) is 0 Å². The van der Waals surface area contributed by atoms with Gasteiger partial charge in [0.1, 0.15) is 0 Å². The van der Waals surface area contributed by atoms with Gasteiger partial charge in [-0.05, 0) is 25.5 Å². The molecular formula is C20H18N4O4S. The van der Waals surface area contributed by atoms with E-state index in [0.717, 1.165) is 28.5 Å². The number of nitrogens with zero attached hydrogens (tertiary/aromatic N) is 2. The van der Waals surface area contributed by atoms with Gasteiger partial charge in [-0.1, -0.05) is 29.8 Å². The Bertz CT molecular complexity index is 1090. The highest BCUT2D eigenvalue weighted by Crippen LogP contribution is 2.27. The van der Waals surface area contributed by atoms with Gasteiger partial charge in [0.05, 0.1) is 17.2 Å². The van der Waals surface area contributed by atoms with E-state index in [0.29, 0.717) is 5.13 Å². The fourth-order valence-corrected chi connectivity index (χ4v) is 3.47. The van der Waals surface area contributed by atoms with Gasteiger partial charge in [-0.2, -0.15) is 0 Å². The number of aromatic nitrogens is 1. The van der Waals surface area contributed by atoms with E-state index in [2.05, 4.69) is 21.7 Å². The predicted octanol–water partition coefficient (Wildman–Crippen LogP) is 3.70. The molecule has 2 aromatic carbocycles. The highest BCUT2D eigenvalue weighted by atomic mass is 32.1. The van der Waals surface area contributed by atoms with Crippen LogP contribution in [0.3, 0.4) is 0 Å². The molecule has 0 aliphatic heterocycles. The molecule has 0 unspecified atom stereocenters. The molecule has 148 valence electrons. The third kappa shape index (κ3) is 5.02. The second-order valence-corrected chi connectivity index (χ2v) is 7.25. The van der Waals surface area contributed by atoms with Gasteiger partial charge in [0.2, 0.25) is 5.91 Å². The first-order valence-electron chi connectivity index (χ1n) is 8.69. The largest absolute Gasteiger partial charge is 0.343 e. The molecule has 0 atom stereocenters. The average Bonchev–Trinajstić information content (AvgIpc) is 3.14. The summed E-state index contributed by atoms with van der Waals surface area (Å²) in [5.41, 5.74) is 3.93. The summed E-state index contributed by atoms with van der Waals surface area (Å²) in [7, 11) is 0. The van der Waals surface area contributed by atoms with Crippen molar-refractivity contribution in [3.63, 3.8) is 0 Å². The number of rotatable bonds is 6. The minimum absolute atomic E-state index is 0.110. The number of aryl methyl sites for hydroxylation is 2. The van der Waals surface area contributed by atoms with Crippen LogP contribution in [0.25, 0.3) is 11.3 Å². The number of hydrogen-bond acceptors (Lipinski definition) is 6. The number of hydrogen-bond donors (Lipinski definition) is 2. The Morgan fingerprint density at radius 3 is 2.69 bits per heavy atom. The zero-order valence-electron chi connectivity index (χ0n) is 15.8. The van der Waals surface area contributed by atoms with Crippen LogP contribution in [0.1, 0.15) is 21.5 Å². The first-order chi connectivity index (χ1) is 13.8. The monoisotopic (exact) mass is 410 g/mol. The molecule has 0 saturated carbocycles. The Morgan fingerprint density at radius 1 is 1.17 bits per heavy atom. The van der Waals surface area contributed by atoms with Crippen LogP contribution in [-0.2, 0) is 4.79 Å². The van der Waals surface area contributed by atoms with Gasteiger partial charge < -0.3 is 10.6 Å². The number of thiazole rings is 1. The van der Waals surface area contributed by atoms with Crippen molar-refractivity contribution in [3.8, 4) is 11.3 Å². The molecule has 0 aliphatic carbocycles. The van der Waals surface area contributed by atoms with E-state index in [9.17, 15) is 19.7 Å². The van der Waals surface area contributed by atoms with Crippen LogP contribution in [0.2, 0.25) is 0 Å². The summed E-state index contributed by atoms with van der Waals surface area (Å²) in [5.74, 6) is -1.01. The summed E-state index contributed by atoms with van der Waals surface area (Å²) in [6.07, 6.45) is 0. The molecule has 0 spiro atoms. The molecule has 0 saturated heterocycles. The lowest BCUT2D eigenvalue weighted by molar-refractivity contribution is -0.384. The van der Waals surface area contributed by atoms with Gasteiger partial charge in [0.15, 0.2) is 5.13 Å². The van der Waals surface area contributed by atoms with Crippen molar-refractivity contribution in [1.29, 1.82) is 0 Å². The van der Waals surface area contributed by atoms with Crippen molar-refractivity contribution < 1.29 is 14.5 Å². The SMILES string of the molecule is Cc1ccc(-c2csc(NC(=O)CNC(=O)c3cccc([N+](=O)[O-])c3)n2)c(C)c1. The summed E-state index contributed by atoms with van der Waals surface area (Å²) in [5, 5.41) is 18.2. The Kier molecular flexibility index (Phi) is 5.99. The zero-order valence-corrected chi connectivity index (χ0v) is 16.6. The highest BCUT2D eigenvalue weighted by Gasteiger charge is 2.14. The maximum atomic E-state index is 12.1. The quantitative estimate of drug-likeness (QED) is 0.475. The lowest BCUT2D eigenvalue weighted by Crippen LogP contribution is -2.32. The molecule has 2 N–H and O–H groups in total. The Hall–Kier alpha value is -3.59. The van der Waals surface area contributed by atoms with E-state index in [1.807, 2.05) is 31.4 Å². The van der Waals surface area contributed by atoms with Crippen molar-refractivity contribution in [3.05, 3.63) is 74.6 Å². The van der Waals surface area contributed by atoms with Crippen molar-refractivity contribution in [2.45, 2.75) is 13.8 Å². The fourth-order valence-electron chi connectivity index (χ4n) is 2.74. The number of carbonyl (C=O) groups is 2. The van der Waals surface area contributed by atoms with Crippen LogP contribution in [0.15, 0.2) is 47.8 Å². The lowest BCUT2D eigenvalue weighted by atomic mass is 10.0. The third-order valence-corrected chi connectivity index (χ3v) is 4.89. The third-order valence-electron chi connectivity index (χ3n) is 4.14. The number of anilines is 1. The van der Waals surface area contributed by atoms with Crippen molar-refractivity contribution in [2.75, 3.05) is 11.9 Å². The predicted molar refractivity (Wildman–Crippen MR) is 111 cm³/mol. The van der Waals surface area contributed by atoms with Crippen LogP contribution < -0.4 is 10.6 Å². The highest BCUT2D eigenvalue weighted by molar-refractivity contribution is 7.14. The molecule has 0 aliphatic rings. The number of nitro benzene ring substituents is 1. The van der Waals surface area contributed by atoms with Gasteiger partial charge in [-0.15, -0.1) is 11.3 Å². The van der Waals surface area contributed by atoms with Gasteiger partial charge in [-0.3, -0.25) is 19.7 Å². The molecule has 9 heteroatoms. The molecule has 3 rings (SSSR count). The lowest BCUT2D eigenvalue weighted by Gasteiger charge is -2.05. The average molecular weight is 410 g/mol. The van der Waals surface area contributed by atoms with Crippen molar-refractivity contribution in [2.24, 2.45) is 0 Å². The second-order valence-electron chi connectivity index (χ2n) is 6.39. The smallest absolute Gasteiger partial charge is 0.270 e. The van der Waals surface area contributed by atoms with Gasteiger partial charge in [0.25, 0.3) is 11.6 Å². The maximum Gasteiger partial charge on any atom is 0.270 e. The fraction of sp³-hybridized carbons (Fsp3) is 0.150. The molecule has 0 radical (unpaired) electrons. The number of amides is 2. The van der Waals surface area contributed by atoms with Gasteiger partial charge in [0, 0.05) is 28.6 Å². The van der Waals surface area contributed by atoms with Crippen molar-refractivity contribution in [1.82, 2.24) is 10.3 Å². The molecule has 2 amide bonds. The van der Waals surface area contributed by atoms with Crippen molar-refractivity contribution >= 4 is 34.0 Å². The molecular weight excluding hydrogens is 392 g/mol. The summed E-state index contributed by atoms with van der Waals surface area (Å²) in [4.78, 5) is 38.9. The maximum absolute atomic E-state index is 12.1. The van der Waals surface area contributed by atoms with Crippen LogP contribution in [0.4, 0.5) is 10.8 Å². The standard InChI is InChI=1S/C20H18N4O4S/c1-12-6-7-16(13(2)8-12)17-11-29-20(22-17)23-18(25)10-21-19(26)14-4-3-5-15(9-14)24(27)28/h3-9,11H,10H2,1-2H3,(H,21,26)(H,22,23,25). The molecule has 8 nitrogen and oxygen atoms in total. The van der Waals surface area contributed by atoms with E-state index in [1.165, 1.54) is 29.5 Å².